The molecule has 0 amide bonds. The molecule has 0 aliphatic rings. The molecule has 0 aliphatic carbocycles. The minimum absolute atomic E-state index is 0.797. The van der Waals surface area contributed by atoms with E-state index in [-0.39, 0.29) is 0 Å². The van der Waals surface area contributed by atoms with Crippen molar-refractivity contribution in [3.05, 3.63) is 97.2 Å². The van der Waals surface area contributed by atoms with E-state index in [2.05, 4.69) is 63.7 Å². The van der Waals surface area contributed by atoms with Crippen LogP contribution < -0.4 is 9.47 Å². The van der Waals surface area contributed by atoms with E-state index in [1.54, 1.807) is 14.2 Å². The van der Waals surface area contributed by atoms with Crippen LogP contribution in [0.2, 0.25) is 0 Å². The summed E-state index contributed by atoms with van der Waals surface area (Å²) in [4.78, 5) is 9.98. The lowest BCUT2D eigenvalue weighted by Gasteiger charge is -2.11. The highest BCUT2D eigenvalue weighted by Crippen LogP contribution is 2.37. The van der Waals surface area contributed by atoms with Crippen LogP contribution in [0.15, 0.2) is 97.2 Å². The third-order valence-electron chi connectivity index (χ3n) is 6.74. The van der Waals surface area contributed by atoms with E-state index in [4.69, 9.17) is 19.4 Å². The van der Waals surface area contributed by atoms with Crippen molar-refractivity contribution in [1.82, 2.24) is 19.1 Å². The number of para-hydroxylation sites is 1. The first-order valence-corrected chi connectivity index (χ1v) is 11.7. The van der Waals surface area contributed by atoms with Gasteiger partial charge < -0.3 is 18.6 Å². The van der Waals surface area contributed by atoms with Crippen LogP contribution in [0.1, 0.15) is 0 Å². The SMILES string of the molecule is COc1cccc(-n2c3ccccc3c3nc4c5ncccc5n(-c5cccc(OC)c5)c4cc32)c1. The van der Waals surface area contributed by atoms with Crippen molar-refractivity contribution in [2.24, 2.45) is 0 Å². The predicted octanol–water partition coefficient (Wildman–Crippen LogP) is 6.69. The van der Waals surface area contributed by atoms with E-state index in [0.717, 1.165) is 66.9 Å². The molecule has 36 heavy (non-hydrogen) atoms. The molecule has 0 radical (unpaired) electrons. The Bertz CT molecular complexity index is 1800. The maximum Gasteiger partial charge on any atom is 0.120 e. The summed E-state index contributed by atoms with van der Waals surface area (Å²) < 4.78 is 15.5. The van der Waals surface area contributed by atoms with E-state index < -0.39 is 0 Å². The molecule has 6 heteroatoms. The Labute approximate surface area is 207 Å². The minimum atomic E-state index is 0.797. The van der Waals surface area contributed by atoms with Gasteiger partial charge in [-0.2, -0.15) is 0 Å². The first-order valence-electron chi connectivity index (χ1n) is 11.7. The molecule has 174 valence electrons. The third-order valence-corrected chi connectivity index (χ3v) is 6.74. The van der Waals surface area contributed by atoms with Gasteiger partial charge in [-0.25, -0.2) is 4.98 Å². The smallest absolute Gasteiger partial charge is 0.120 e. The van der Waals surface area contributed by atoms with Gasteiger partial charge in [0.2, 0.25) is 0 Å². The normalized spacial score (nSPS) is 11.6. The Morgan fingerprint density at radius 1 is 0.556 bits per heavy atom. The first-order chi connectivity index (χ1) is 17.8. The number of fused-ring (bicyclic) bond motifs is 6. The van der Waals surface area contributed by atoms with Gasteiger partial charge in [0.25, 0.3) is 0 Å². The van der Waals surface area contributed by atoms with Gasteiger partial charge in [0.05, 0.1) is 41.8 Å². The molecule has 6 nitrogen and oxygen atoms in total. The average Bonchev–Trinajstić information content (AvgIpc) is 3.44. The highest BCUT2D eigenvalue weighted by molar-refractivity contribution is 6.14. The van der Waals surface area contributed by atoms with Crippen LogP contribution in [0.4, 0.5) is 0 Å². The number of nitrogens with zero attached hydrogens (tertiary/aromatic N) is 4. The number of benzene rings is 3. The lowest BCUT2D eigenvalue weighted by atomic mass is 10.2. The van der Waals surface area contributed by atoms with Crippen LogP contribution >= 0.6 is 0 Å². The summed E-state index contributed by atoms with van der Waals surface area (Å²) in [5.74, 6) is 1.60. The highest BCUT2D eigenvalue weighted by atomic mass is 16.5. The zero-order chi connectivity index (χ0) is 24.2. The van der Waals surface area contributed by atoms with Crippen molar-refractivity contribution in [1.29, 1.82) is 0 Å². The first kappa shape index (κ1) is 20.5. The van der Waals surface area contributed by atoms with Crippen molar-refractivity contribution in [3.8, 4) is 22.9 Å². The van der Waals surface area contributed by atoms with Gasteiger partial charge in [-0.3, -0.25) is 4.98 Å². The summed E-state index contributed by atoms with van der Waals surface area (Å²) >= 11 is 0. The molecule has 0 saturated carbocycles. The maximum atomic E-state index is 5.53. The fourth-order valence-electron chi connectivity index (χ4n) is 5.15. The highest BCUT2D eigenvalue weighted by Gasteiger charge is 2.20. The van der Waals surface area contributed by atoms with E-state index in [0.29, 0.717) is 0 Å². The Kier molecular flexibility index (Phi) is 4.48. The minimum Gasteiger partial charge on any atom is -0.497 e. The van der Waals surface area contributed by atoms with Crippen LogP contribution in [-0.2, 0) is 0 Å². The quantitative estimate of drug-likeness (QED) is 0.288. The van der Waals surface area contributed by atoms with E-state index in [1.807, 2.05) is 42.6 Å². The molecule has 0 saturated heterocycles. The van der Waals surface area contributed by atoms with Gasteiger partial charge in [0.1, 0.15) is 22.5 Å². The summed E-state index contributed by atoms with van der Waals surface area (Å²) in [7, 11) is 3.37. The number of ether oxygens (including phenoxy) is 2. The molecule has 0 fully saturated rings. The van der Waals surface area contributed by atoms with E-state index >= 15 is 0 Å². The van der Waals surface area contributed by atoms with Crippen LogP contribution in [0.5, 0.6) is 11.5 Å². The molecule has 0 atom stereocenters. The third kappa shape index (κ3) is 2.91. The molecule has 7 rings (SSSR count). The molecule has 0 unspecified atom stereocenters. The summed E-state index contributed by atoms with van der Waals surface area (Å²) in [6, 6.07) is 30.8. The van der Waals surface area contributed by atoms with Crippen molar-refractivity contribution in [2.45, 2.75) is 0 Å². The standard InChI is InChI=1S/C30H22N4O2/c1-35-21-10-5-8-19(16-21)33-24-13-4-3-12-23(24)28-26(33)18-27-30(32-28)29-25(14-7-15-31-29)34(27)20-9-6-11-22(17-20)36-2/h3-18H,1-2H3. The number of methoxy groups -OCH3 is 2. The Morgan fingerprint density at radius 2 is 1.19 bits per heavy atom. The Morgan fingerprint density at radius 3 is 1.92 bits per heavy atom. The number of rotatable bonds is 4. The molecular weight excluding hydrogens is 448 g/mol. The molecule has 4 aromatic heterocycles. The molecule has 4 heterocycles. The maximum absolute atomic E-state index is 5.53. The van der Waals surface area contributed by atoms with Crippen LogP contribution in [-0.4, -0.2) is 33.3 Å². The zero-order valence-corrected chi connectivity index (χ0v) is 19.8. The Balaban J connectivity index is 1.65. The fourth-order valence-corrected chi connectivity index (χ4v) is 5.15. The number of hydrogen-bond acceptors (Lipinski definition) is 4. The zero-order valence-electron chi connectivity index (χ0n) is 19.8. The van der Waals surface area contributed by atoms with Crippen molar-refractivity contribution in [3.63, 3.8) is 0 Å². The number of pyridine rings is 2. The molecular formula is C30H22N4O2. The predicted molar refractivity (Wildman–Crippen MR) is 144 cm³/mol. The lowest BCUT2D eigenvalue weighted by Crippen LogP contribution is -1.97. The number of hydrogen-bond donors (Lipinski definition) is 0. The molecule has 0 spiro atoms. The lowest BCUT2D eigenvalue weighted by molar-refractivity contribution is 0.414. The largest absolute Gasteiger partial charge is 0.497 e. The monoisotopic (exact) mass is 470 g/mol. The van der Waals surface area contributed by atoms with Crippen molar-refractivity contribution < 1.29 is 9.47 Å². The Hall–Kier alpha value is -4.84. The van der Waals surface area contributed by atoms with E-state index in [9.17, 15) is 0 Å². The fraction of sp³-hybridized carbons (Fsp3) is 0.0667. The van der Waals surface area contributed by atoms with E-state index in [1.165, 1.54) is 0 Å². The van der Waals surface area contributed by atoms with Crippen LogP contribution in [0.25, 0.3) is 55.4 Å². The van der Waals surface area contributed by atoms with Gasteiger partial charge >= 0.3 is 0 Å². The van der Waals surface area contributed by atoms with Crippen molar-refractivity contribution >= 4 is 44.0 Å². The molecule has 0 N–H and O–H groups in total. The summed E-state index contributed by atoms with van der Waals surface area (Å²) in [6.07, 6.45) is 1.82. The van der Waals surface area contributed by atoms with Crippen molar-refractivity contribution in [2.75, 3.05) is 14.2 Å². The molecule has 0 aliphatic heterocycles. The molecule has 0 bridgehead atoms. The summed E-state index contributed by atoms with van der Waals surface area (Å²) in [6.45, 7) is 0. The summed E-state index contributed by atoms with van der Waals surface area (Å²) in [5.41, 5.74) is 8.78. The second-order valence-electron chi connectivity index (χ2n) is 8.69. The van der Waals surface area contributed by atoms with Gasteiger partial charge in [-0.15, -0.1) is 0 Å². The van der Waals surface area contributed by atoms with Crippen LogP contribution in [0.3, 0.4) is 0 Å². The summed E-state index contributed by atoms with van der Waals surface area (Å²) in [5, 5.41) is 1.09. The van der Waals surface area contributed by atoms with Gasteiger partial charge in [-0.05, 0) is 48.5 Å². The van der Waals surface area contributed by atoms with Crippen LogP contribution in [0, 0.1) is 0 Å². The second kappa shape index (κ2) is 7.85. The topological polar surface area (TPSA) is 54.1 Å². The van der Waals surface area contributed by atoms with Gasteiger partial charge in [-0.1, -0.05) is 30.3 Å². The van der Waals surface area contributed by atoms with Gasteiger partial charge in [0, 0.05) is 35.1 Å². The molecule has 3 aromatic carbocycles. The molecule has 7 aromatic rings. The van der Waals surface area contributed by atoms with Gasteiger partial charge in [0.15, 0.2) is 0 Å². The second-order valence-corrected chi connectivity index (χ2v) is 8.69. The average molecular weight is 471 g/mol. The number of aromatic nitrogens is 4.